The Hall–Kier alpha value is -2.40. The van der Waals surface area contributed by atoms with Crippen LogP contribution in [0.25, 0.3) is 0 Å². The Labute approximate surface area is 218 Å². The smallest absolute Gasteiger partial charge is 0.227 e. The molecule has 0 saturated heterocycles. The van der Waals surface area contributed by atoms with E-state index in [9.17, 15) is 9.59 Å². The monoisotopic (exact) mass is 494 g/mol. The fourth-order valence-electron chi connectivity index (χ4n) is 5.33. The molecule has 5 nitrogen and oxygen atoms in total. The van der Waals surface area contributed by atoms with Crippen LogP contribution >= 0.6 is 0 Å². The molecule has 1 aromatic rings. The largest absolute Gasteiger partial charge is 0.497 e. The predicted octanol–water partition coefficient (Wildman–Crippen LogP) is 6.50. The molecule has 198 valence electrons. The van der Waals surface area contributed by atoms with Gasteiger partial charge < -0.3 is 14.5 Å². The molecule has 1 unspecified atom stereocenters. The van der Waals surface area contributed by atoms with Gasteiger partial charge >= 0.3 is 0 Å². The van der Waals surface area contributed by atoms with E-state index in [0.717, 1.165) is 81.7 Å². The molecule has 0 aliphatic carbocycles. The van der Waals surface area contributed by atoms with Crippen LogP contribution in [0.2, 0.25) is 0 Å². The van der Waals surface area contributed by atoms with Crippen LogP contribution in [-0.2, 0) is 22.4 Å². The number of aryl methyl sites for hydroxylation is 1. The molecule has 0 saturated carbocycles. The van der Waals surface area contributed by atoms with Gasteiger partial charge in [-0.3, -0.25) is 9.59 Å². The minimum absolute atomic E-state index is 0.228. The van der Waals surface area contributed by atoms with Crippen LogP contribution in [-0.4, -0.2) is 49.9 Å². The van der Waals surface area contributed by atoms with Gasteiger partial charge in [0.25, 0.3) is 0 Å². The molecular formula is C31H46N2O3. The van der Waals surface area contributed by atoms with E-state index < -0.39 is 0 Å². The van der Waals surface area contributed by atoms with E-state index in [4.69, 9.17) is 4.74 Å². The van der Waals surface area contributed by atoms with Crippen molar-refractivity contribution in [3.63, 3.8) is 0 Å². The first-order chi connectivity index (χ1) is 17.5. The van der Waals surface area contributed by atoms with Crippen molar-refractivity contribution in [1.29, 1.82) is 0 Å². The SMILES string of the molecule is CCCC/C=C(\C=C/C(C)CN(CC)CCCCCC(=O)c1cc2c3c(c1)CCN3C(=O)CC2)OC. The fraction of sp³-hybridized carbons (Fsp3) is 0.613. The van der Waals surface area contributed by atoms with Crippen molar-refractivity contribution in [2.75, 3.05) is 38.2 Å². The molecule has 2 aliphatic rings. The second kappa shape index (κ2) is 14.4. The number of carbonyl (C=O) groups is 2. The summed E-state index contributed by atoms with van der Waals surface area (Å²) < 4.78 is 5.49. The van der Waals surface area contributed by atoms with Crippen molar-refractivity contribution >= 4 is 17.4 Å². The lowest BCUT2D eigenvalue weighted by Gasteiger charge is -2.25. The van der Waals surface area contributed by atoms with Gasteiger partial charge in [0.1, 0.15) is 5.76 Å². The van der Waals surface area contributed by atoms with Crippen LogP contribution < -0.4 is 4.90 Å². The molecule has 3 rings (SSSR count). The summed E-state index contributed by atoms with van der Waals surface area (Å²) in [5, 5.41) is 0. The zero-order chi connectivity index (χ0) is 25.9. The fourth-order valence-corrected chi connectivity index (χ4v) is 5.33. The van der Waals surface area contributed by atoms with E-state index in [1.165, 1.54) is 24.0 Å². The number of allylic oxidation sites excluding steroid dienone is 2. The first kappa shape index (κ1) is 28.2. The van der Waals surface area contributed by atoms with Crippen molar-refractivity contribution in [2.45, 2.75) is 85.0 Å². The van der Waals surface area contributed by atoms with Crippen molar-refractivity contribution in [2.24, 2.45) is 5.92 Å². The Balaban J connectivity index is 1.39. The average molecular weight is 495 g/mol. The number of hydrogen-bond acceptors (Lipinski definition) is 4. The third kappa shape index (κ3) is 7.80. The highest BCUT2D eigenvalue weighted by Gasteiger charge is 2.31. The number of unbranched alkanes of at least 4 members (excludes halogenated alkanes) is 4. The predicted molar refractivity (Wildman–Crippen MR) is 149 cm³/mol. The number of rotatable bonds is 16. The molecule has 1 aromatic carbocycles. The summed E-state index contributed by atoms with van der Waals surface area (Å²) in [5.41, 5.74) is 4.30. The Morgan fingerprint density at radius 3 is 2.61 bits per heavy atom. The van der Waals surface area contributed by atoms with Gasteiger partial charge in [0.15, 0.2) is 5.78 Å². The van der Waals surface area contributed by atoms with Crippen molar-refractivity contribution < 1.29 is 14.3 Å². The van der Waals surface area contributed by atoms with Crippen molar-refractivity contribution in [1.82, 2.24) is 4.90 Å². The van der Waals surface area contributed by atoms with Crippen LogP contribution in [0.5, 0.6) is 0 Å². The van der Waals surface area contributed by atoms with Gasteiger partial charge in [-0.05, 0) is 92.9 Å². The topological polar surface area (TPSA) is 49.9 Å². The van der Waals surface area contributed by atoms with E-state index >= 15 is 0 Å². The molecular weight excluding hydrogens is 448 g/mol. The van der Waals surface area contributed by atoms with E-state index in [-0.39, 0.29) is 11.7 Å². The molecule has 36 heavy (non-hydrogen) atoms. The van der Waals surface area contributed by atoms with E-state index in [0.29, 0.717) is 18.8 Å². The standard InChI is InChI=1S/C31H46N2O3/c1-5-7-9-12-28(36-4)16-14-24(3)23-32(6-2)19-11-8-10-13-29(34)27-21-25-15-17-30(35)33-20-18-26(22-27)31(25)33/h12,14,16,21-22,24H,5-11,13,15,17-20,23H2,1-4H3/b16-14-,28-12+. The number of ether oxygens (including phenoxy) is 1. The number of hydrogen-bond donors (Lipinski definition) is 0. The van der Waals surface area contributed by atoms with Gasteiger partial charge in [-0.1, -0.05) is 39.7 Å². The lowest BCUT2D eigenvalue weighted by molar-refractivity contribution is -0.118. The summed E-state index contributed by atoms with van der Waals surface area (Å²) in [6.07, 6.45) is 15.9. The van der Waals surface area contributed by atoms with Crippen LogP contribution in [0.4, 0.5) is 5.69 Å². The summed E-state index contributed by atoms with van der Waals surface area (Å²) >= 11 is 0. The number of ketones is 1. The van der Waals surface area contributed by atoms with Crippen LogP contribution in [0.1, 0.15) is 93.6 Å². The van der Waals surface area contributed by atoms with Gasteiger partial charge in [0.2, 0.25) is 5.91 Å². The number of anilines is 1. The highest BCUT2D eigenvalue weighted by molar-refractivity contribution is 6.02. The summed E-state index contributed by atoms with van der Waals surface area (Å²) in [7, 11) is 1.74. The second-order valence-electron chi connectivity index (χ2n) is 10.4. The first-order valence-electron chi connectivity index (χ1n) is 14.1. The number of amides is 1. The van der Waals surface area contributed by atoms with Crippen LogP contribution in [0.15, 0.2) is 36.1 Å². The quantitative estimate of drug-likeness (QED) is 0.114. The Morgan fingerprint density at radius 1 is 1.11 bits per heavy atom. The van der Waals surface area contributed by atoms with Gasteiger partial charge in [0, 0.05) is 31.5 Å². The van der Waals surface area contributed by atoms with Gasteiger partial charge in [-0.2, -0.15) is 0 Å². The van der Waals surface area contributed by atoms with Crippen molar-refractivity contribution in [3.8, 4) is 0 Å². The lowest BCUT2D eigenvalue weighted by atomic mass is 9.94. The Morgan fingerprint density at radius 2 is 1.89 bits per heavy atom. The van der Waals surface area contributed by atoms with Gasteiger partial charge in [-0.25, -0.2) is 0 Å². The highest BCUT2D eigenvalue weighted by atomic mass is 16.5. The molecule has 2 heterocycles. The molecule has 0 fully saturated rings. The molecule has 0 bridgehead atoms. The minimum atomic E-state index is 0.228. The third-order valence-corrected chi connectivity index (χ3v) is 7.47. The summed E-state index contributed by atoms with van der Waals surface area (Å²) in [4.78, 5) is 29.4. The van der Waals surface area contributed by atoms with Crippen LogP contribution in [0, 0.1) is 5.92 Å². The summed E-state index contributed by atoms with van der Waals surface area (Å²) in [5.74, 6) is 1.90. The first-order valence-corrected chi connectivity index (χ1v) is 14.1. The van der Waals surface area contributed by atoms with E-state index in [2.05, 4.69) is 43.9 Å². The van der Waals surface area contributed by atoms with Crippen molar-refractivity contribution in [3.05, 3.63) is 52.8 Å². The summed E-state index contributed by atoms with van der Waals surface area (Å²) in [6, 6.07) is 4.09. The maximum atomic E-state index is 12.9. The Bertz CT molecular complexity index is 949. The highest BCUT2D eigenvalue weighted by Crippen LogP contribution is 2.37. The number of benzene rings is 1. The number of Topliss-reactive ketones (excluding diaryl/α,β-unsaturated/α-hetero) is 1. The number of methoxy groups -OCH3 is 1. The molecule has 5 heteroatoms. The molecule has 1 atom stereocenters. The number of nitrogens with zero attached hydrogens (tertiary/aromatic N) is 2. The normalized spacial score (nSPS) is 16.2. The molecule has 2 aliphatic heterocycles. The molecule has 0 radical (unpaired) electrons. The van der Waals surface area contributed by atoms with Crippen LogP contribution in [0.3, 0.4) is 0 Å². The second-order valence-corrected chi connectivity index (χ2v) is 10.4. The average Bonchev–Trinajstić information content (AvgIpc) is 3.32. The lowest BCUT2D eigenvalue weighted by Crippen LogP contribution is -2.32. The Kier molecular flexibility index (Phi) is 11.2. The third-order valence-electron chi connectivity index (χ3n) is 7.47. The maximum absolute atomic E-state index is 12.9. The van der Waals surface area contributed by atoms with E-state index in [1.807, 2.05) is 17.0 Å². The van der Waals surface area contributed by atoms with Gasteiger partial charge in [-0.15, -0.1) is 0 Å². The molecule has 0 N–H and O–H groups in total. The van der Waals surface area contributed by atoms with Gasteiger partial charge in [0.05, 0.1) is 12.8 Å². The minimum Gasteiger partial charge on any atom is -0.497 e. The number of carbonyl (C=O) groups excluding carboxylic acids is 2. The molecule has 0 spiro atoms. The summed E-state index contributed by atoms with van der Waals surface area (Å²) in [6.45, 7) is 10.6. The molecule has 1 amide bonds. The molecule has 0 aromatic heterocycles. The van der Waals surface area contributed by atoms with E-state index in [1.54, 1.807) is 7.11 Å². The zero-order valence-electron chi connectivity index (χ0n) is 23.0. The maximum Gasteiger partial charge on any atom is 0.227 e. The zero-order valence-corrected chi connectivity index (χ0v) is 23.0.